The molecule has 0 saturated carbocycles. The van der Waals surface area contributed by atoms with Gasteiger partial charge in [-0.2, -0.15) is 0 Å². The van der Waals surface area contributed by atoms with E-state index in [-0.39, 0.29) is 0 Å². The lowest BCUT2D eigenvalue weighted by Crippen LogP contribution is -1.94. The van der Waals surface area contributed by atoms with Gasteiger partial charge in [-0.25, -0.2) is 0 Å². The summed E-state index contributed by atoms with van der Waals surface area (Å²) in [5, 5.41) is 5.00. The van der Waals surface area contributed by atoms with Gasteiger partial charge in [0.1, 0.15) is 0 Å². The second kappa shape index (κ2) is 13.2. The number of hydrogen-bond acceptors (Lipinski definition) is 0. The van der Waals surface area contributed by atoms with Crippen LogP contribution < -0.4 is 0 Å². The fourth-order valence-electron chi connectivity index (χ4n) is 8.59. The molecule has 0 bridgehead atoms. The van der Waals surface area contributed by atoms with Crippen LogP contribution in [0.25, 0.3) is 99.5 Å². The zero-order valence-corrected chi connectivity index (χ0v) is 30.7. The first-order valence-corrected chi connectivity index (χ1v) is 19.3. The number of hydrogen-bond donors (Lipinski definition) is 0. The quantitative estimate of drug-likeness (QED) is 0.162. The van der Waals surface area contributed by atoms with E-state index < -0.39 is 0 Å². The van der Waals surface area contributed by atoms with Crippen LogP contribution in [0.1, 0.15) is 0 Å². The Bertz CT molecular complexity index is 3090. The highest BCUT2D eigenvalue weighted by atomic mass is 15.0. The minimum absolute atomic E-state index is 1.14. The smallest absolute Gasteiger partial charge is 0.0541 e. The van der Waals surface area contributed by atoms with Crippen LogP contribution in [0, 0.1) is 0 Å². The predicted molar refractivity (Wildman–Crippen MR) is 237 cm³/mol. The third kappa shape index (κ3) is 5.34. The van der Waals surface area contributed by atoms with Gasteiger partial charge in [0.15, 0.2) is 0 Å². The first-order chi connectivity index (χ1) is 27.8. The number of rotatable bonds is 6. The molecule has 2 aromatic heterocycles. The SMILES string of the molecule is c1ccc(-c2ccc(-n3c4ccccc4c4cc(-c5ccc(-n6c7ccc(-c8ccccc8)cc7c7cc(-c8ccccc8)ccc76)cc5)ccc43)cc2)cc1. The highest BCUT2D eigenvalue weighted by molar-refractivity contribution is 6.12. The van der Waals surface area contributed by atoms with Gasteiger partial charge in [-0.05, 0) is 111 Å². The molecule has 0 radical (unpaired) electrons. The largest absolute Gasteiger partial charge is 0.309 e. The summed E-state index contributed by atoms with van der Waals surface area (Å²) in [6, 6.07) is 79.4. The van der Waals surface area contributed by atoms with Crippen LogP contribution in [0.2, 0.25) is 0 Å². The zero-order valence-electron chi connectivity index (χ0n) is 30.7. The van der Waals surface area contributed by atoms with Gasteiger partial charge >= 0.3 is 0 Å². The Kier molecular flexibility index (Phi) is 7.53. The Morgan fingerprint density at radius 3 is 0.911 bits per heavy atom. The molecule has 0 fully saturated rings. The van der Waals surface area contributed by atoms with Crippen molar-refractivity contribution in [3.8, 4) is 55.9 Å². The molecule has 2 heteroatoms. The molecule has 2 heterocycles. The molecule has 0 atom stereocenters. The Hall–Kier alpha value is -7.42. The Morgan fingerprint density at radius 2 is 0.482 bits per heavy atom. The van der Waals surface area contributed by atoms with Crippen LogP contribution in [-0.4, -0.2) is 9.13 Å². The zero-order chi connectivity index (χ0) is 37.0. The van der Waals surface area contributed by atoms with Crippen molar-refractivity contribution in [1.29, 1.82) is 0 Å². The van der Waals surface area contributed by atoms with E-state index in [1.165, 1.54) is 88.1 Å². The van der Waals surface area contributed by atoms with Crippen LogP contribution in [0.15, 0.2) is 218 Å². The first kappa shape index (κ1) is 32.0. The highest BCUT2D eigenvalue weighted by Crippen LogP contribution is 2.39. The van der Waals surface area contributed by atoms with E-state index in [9.17, 15) is 0 Å². The maximum Gasteiger partial charge on any atom is 0.0541 e. The first-order valence-electron chi connectivity index (χ1n) is 19.3. The van der Waals surface area contributed by atoms with Crippen LogP contribution >= 0.6 is 0 Å². The van der Waals surface area contributed by atoms with Gasteiger partial charge in [-0.1, -0.05) is 152 Å². The van der Waals surface area contributed by atoms with Gasteiger partial charge in [0.2, 0.25) is 0 Å². The summed E-state index contributed by atoms with van der Waals surface area (Å²) in [5.41, 5.74) is 16.8. The van der Waals surface area contributed by atoms with Crippen LogP contribution in [0.5, 0.6) is 0 Å². The second-order valence-corrected chi connectivity index (χ2v) is 14.6. The van der Waals surface area contributed by atoms with Crippen molar-refractivity contribution in [3.63, 3.8) is 0 Å². The Labute approximate surface area is 325 Å². The van der Waals surface area contributed by atoms with Crippen molar-refractivity contribution < 1.29 is 0 Å². The van der Waals surface area contributed by atoms with E-state index in [1.54, 1.807) is 0 Å². The number of fused-ring (bicyclic) bond motifs is 6. The van der Waals surface area contributed by atoms with E-state index in [4.69, 9.17) is 0 Å². The second-order valence-electron chi connectivity index (χ2n) is 14.6. The van der Waals surface area contributed by atoms with Crippen molar-refractivity contribution in [2.75, 3.05) is 0 Å². The summed E-state index contributed by atoms with van der Waals surface area (Å²) in [7, 11) is 0. The lowest BCUT2D eigenvalue weighted by atomic mass is 10.0. The van der Waals surface area contributed by atoms with Crippen LogP contribution in [-0.2, 0) is 0 Å². The summed E-state index contributed by atoms with van der Waals surface area (Å²) in [5.74, 6) is 0. The molecule has 11 aromatic rings. The molecule has 0 aliphatic rings. The van der Waals surface area contributed by atoms with E-state index in [0.717, 1.165) is 11.4 Å². The molecule has 0 saturated heterocycles. The van der Waals surface area contributed by atoms with Gasteiger partial charge in [-0.3, -0.25) is 0 Å². The number of nitrogens with zero attached hydrogens (tertiary/aromatic N) is 2. The van der Waals surface area contributed by atoms with E-state index >= 15 is 0 Å². The lowest BCUT2D eigenvalue weighted by Gasteiger charge is -2.11. The summed E-state index contributed by atoms with van der Waals surface area (Å²) in [4.78, 5) is 0. The molecule has 262 valence electrons. The maximum atomic E-state index is 2.41. The number of benzene rings is 9. The number of aromatic nitrogens is 2. The van der Waals surface area contributed by atoms with Crippen LogP contribution in [0.3, 0.4) is 0 Å². The molecule has 0 unspecified atom stereocenters. The molecule has 0 aliphatic heterocycles. The molecular weight excluding hydrogens is 677 g/mol. The fourth-order valence-corrected chi connectivity index (χ4v) is 8.59. The van der Waals surface area contributed by atoms with Gasteiger partial charge in [-0.15, -0.1) is 0 Å². The monoisotopic (exact) mass is 712 g/mol. The van der Waals surface area contributed by atoms with Gasteiger partial charge in [0.05, 0.1) is 22.1 Å². The molecule has 9 aromatic carbocycles. The van der Waals surface area contributed by atoms with E-state index in [1.807, 2.05) is 0 Å². The topological polar surface area (TPSA) is 9.86 Å². The summed E-state index contributed by atoms with van der Waals surface area (Å²) < 4.78 is 4.80. The van der Waals surface area contributed by atoms with E-state index in [2.05, 4.69) is 228 Å². The third-order valence-electron chi connectivity index (χ3n) is 11.3. The minimum Gasteiger partial charge on any atom is -0.309 e. The molecule has 56 heavy (non-hydrogen) atoms. The average Bonchev–Trinajstić information content (AvgIpc) is 3.79. The molecule has 0 amide bonds. The predicted octanol–water partition coefficient (Wildman–Crippen LogP) is 14.5. The van der Waals surface area contributed by atoms with Crippen molar-refractivity contribution in [2.24, 2.45) is 0 Å². The van der Waals surface area contributed by atoms with Crippen LogP contribution in [0.4, 0.5) is 0 Å². The summed E-state index contributed by atoms with van der Waals surface area (Å²) in [6.45, 7) is 0. The molecule has 0 spiro atoms. The van der Waals surface area contributed by atoms with E-state index in [0.29, 0.717) is 0 Å². The number of para-hydroxylation sites is 1. The Morgan fingerprint density at radius 1 is 0.196 bits per heavy atom. The molecule has 0 N–H and O–H groups in total. The molecule has 11 rings (SSSR count). The van der Waals surface area contributed by atoms with Crippen molar-refractivity contribution in [2.45, 2.75) is 0 Å². The van der Waals surface area contributed by atoms with Gasteiger partial charge in [0.25, 0.3) is 0 Å². The normalized spacial score (nSPS) is 11.6. The standard InChI is InChI=1S/C54H36N2/c1-4-12-37(13-5-1)40-20-27-45(28-21-40)55-51-19-11-10-18-47(51)48-34-44(26-31-52(48)55)41-22-29-46(30-23-41)56-53-32-24-42(38-14-6-2-7-15-38)35-49(53)50-36-43(25-33-54(50)56)39-16-8-3-9-17-39/h1-36H. The minimum atomic E-state index is 1.14. The lowest BCUT2D eigenvalue weighted by molar-refractivity contribution is 1.18. The third-order valence-corrected chi connectivity index (χ3v) is 11.3. The highest BCUT2D eigenvalue weighted by Gasteiger charge is 2.17. The molecular formula is C54H36N2. The van der Waals surface area contributed by atoms with Gasteiger partial charge < -0.3 is 9.13 Å². The van der Waals surface area contributed by atoms with Crippen molar-refractivity contribution in [3.05, 3.63) is 218 Å². The maximum absolute atomic E-state index is 2.41. The summed E-state index contributed by atoms with van der Waals surface area (Å²) >= 11 is 0. The summed E-state index contributed by atoms with van der Waals surface area (Å²) in [6.07, 6.45) is 0. The fraction of sp³-hybridized carbons (Fsp3) is 0. The van der Waals surface area contributed by atoms with Crippen molar-refractivity contribution in [1.82, 2.24) is 9.13 Å². The molecule has 2 nitrogen and oxygen atoms in total. The van der Waals surface area contributed by atoms with Gasteiger partial charge in [0, 0.05) is 32.9 Å². The van der Waals surface area contributed by atoms with Crippen molar-refractivity contribution >= 4 is 43.6 Å². The Balaban J connectivity index is 1.00. The average molecular weight is 713 g/mol. The molecule has 0 aliphatic carbocycles.